The van der Waals surface area contributed by atoms with E-state index in [1.165, 1.54) is 22.7 Å². The monoisotopic (exact) mass is 314 g/mol. The Morgan fingerprint density at radius 3 is 2.95 bits per heavy atom. The van der Waals surface area contributed by atoms with Gasteiger partial charge in [-0.25, -0.2) is 4.79 Å². The minimum Gasteiger partial charge on any atom is -0.445 e. The number of nitrogens with one attached hydrogen (secondary N) is 2. The molecule has 0 unspecified atom stereocenters. The highest BCUT2D eigenvalue weighted by Crippen LogP contribution is 2.18. The van der Waals surface area contributed by atoms with Crippen molar-refractivity contribution in [2.24, 2.45) is 5.10 Å². The van der Waals surface area contributed by atoms with Crippen LogP contribution in [-0.2, 0) is 9.53 Å². The number of thioether (sulfide) groups is 1. The van der Waals surface area contributed by atoms with Gasteiger partial charge in [-0.1, -0.05) is 30.5 Å². The highest BCUT2D eigenvalue weighted by atomic mass is 32.2. The first-order valence-corrected chi connectivity index (χ1v) is 6.94. The lowest BCUT2D eigenvalue weighted by atomic mass is 10.5. The largest absolute Gasteiger partial charge is 0.445 e. The minimum absolute atomic E-state index is 0.0231. The Kier molecular flexibility index (Phi) is 6.74. The van der Waals surface area contributed by atoms with Gasteiger partial charge in [-0.3, -0.25) is 20.4 Å². The summed E-state index contributed by atoms with van der Waals surface area (Å²) >= 11 is 6.13. The fourth-order valence-corrected chi connectivity index (χ4v) is 2.16. The van der Waals surface area contributed by atoms with Crippen LogP contribution in [0.25, 0.3) is 0 Å². The van der Waals surface area contributed by atoms with E-state index in [2.05, 4.69) is 33.7 Å². The number of ether oxygens (including phenoxy) is 1. The number of carbonyl (C=O) groups excluding carboxylic acids is 2. The molecule has 0 aromatic carbocycles. The summed E-state index contributed by atoms with van der Waals surface area (Å²) < 4.78 is 4.68. The van der Waals surface area contributed by atoms with Crippen LogP contribution in [-0.4, -0.2) is 46.1 Å². The number of thiocarbonyl (C=S) groups is 1. The van der Waals surface area contributed by atoms with Crippen LogP contribution in [0.3, 0.4) is 0 Å². The van der Waals surface area contributed by atoms with Crippen molar-refractivity contribution in [1.29, 1.82) is 0 Å². The zero-order valence-electron chi connectivity index (χ0n) is 10.6. The summed E-state index contributed by atoms with van der Waals surface area (Å²) in [4.78, 5) is 24.2. The average Bonchev–Trinajstić information content (AvgIpc) is 2.76. The molecule has 0 bridgehead atoms. The van der Waals surface area contributed by atoms with Crippen molar-refractivity contribution < 1.29 is 14.3 Å². The molecular weight excluding hydrogens is 300 g/mol. The van der Waals surface area contributed by atoms with E-state index in [0.717, 1.165) is 0 Å². The molecule has 108 valence electrons. The van der Waals surface area contributed by atoms with E-state index in [-0.39, 0.29) is 17.6 Å². The van der Waals surface area contributed by atoms with Crippen molar-refractivity contribution in [2.45, 2.75) is 0 Å². The van der Waals surface area contributed by atoms with Gasteiger partial charge in [0.2, 0.25) is 5.91 Å². The van der Waals surface area contributed by atoms with Gasteiger partial charge >= 0.3 is 6.09 Å². The van der Waals surface area contributed by atoms with Crippen LogP contribution < -0.4 is 10.7 Å². The summed E-state index contributed by atoms with van der Waals surface area (Å²) in [5.74, 6) is 0.260. The second-order valence-corrected chi connectivity index (χ2v) is 4.78. The van der Waals surface area contributed by atoms with Gasteiger partial charge in [0.25, 0.3) is 0 Å². The van der Waals surface area contributed by atoms with Crippen LogP contribution in [0.4, 0.5) is 4.79 Å². The first kappa shape index (κ1) is 16.2. The number of alkyl carbamates (subject to hydrolysis) is 1. The number of nitrogens with zero attached hydrogens (tertiary/aromatic N) is 2. The van der Waals surface area contributed by atoms with E-state index >= 15 is 0 Å². The third kappa shape index (κ3) is 5.02. The Labute approximate surface area is 126 Å². The normalized spacial score (nSPS) is 15.9. The maximum absolute atomic E-state index is 11.5. The van der Waals surface area contributed by atoms with Crippen molar-refractivity contribution in [2.75, 3.05) is 18.9 Å². The maximum atomic E-state index is 11.5. The standard InChI is InChI=1S/C11H14N4O3S2/c1-3-5-15-8(16)7-20-10(15)14-13-9(19)12-11(17)18-6-4-2/h3-4H,1-2,5-7H2,(H2,12,13,17,19)/b14-10-. The van der Waals surface area contributed by atoms with E-state index in [1.807, 2.05) is 0 Å². The molecule has 1 saturated heterocycles. The van der Waals surface area contributed by atoms with Crippen molar-refractivity contribution in [3.63, 3.8) is 0 Å². The third-order valence-corrected chi connectivity index (χ3v) is 3.12. The Bertz CT molecular complexity index is 465. The van der Waals surface area contributed by atoms with Crippen molar-refractivity contribution in [3.05, 3.63) is 25.3 Å². The molecule has 0 aliphatic carbocycles. The summed E-state index contributed by atoms with van der Waals surface area (Å²) in [7, 11) is 0. The molecule has 0 spiro atoms. The second-order valence-electron chi connectivity index (χ2n) is 3.43. The molecule has 0 aromatic heterocycles. The van der Waals surface area contributed by atoms with Gasteiger partial charge in [0.05, 0.1) is 5.75 Å². The number of rotatable bonds is 5. The highest BCUT2D eigenvalue weighted by Gasteiger charge is 2.27. The average molecular weight is 314 g/mol. The van der Waals surface area contributed by atoms with Gasteiger partial charge in [0, 0.05) is 6.54 Å². The third-order valence-electron chi connectivity index (χ3n) is 1.97. The molecule has 1 heterocycles. The van der Waals surface area contributed by atoms with E-state index in [1.54, 1.807) is 6.08 Å². The molecule has 0 atom stereocenters. The number of amidine groups is 1. The number of amides is 2. The van der Waals surface area contributed by atoms with Crippen LogP contribution in [0.1, 0.15) is 0 Å². The highest BCUT2D eigenvalue weighted by molar-refractivity contribution is 8.15. The SMILES string of the molecule is C=CCOC(=O)NC(=S)N/N=C1\SCC(=O)N1CC=C. The molecule has 1 aliphatic heterocycles. The number of hydrazone groups is 1. The van der Waals surface area contributed by atoms with E-state index in [4.69, 9.17) is 12.2 Å². The van der Waals surface area contributed by atoms with E-state index < -0.39 is 6.09 Å². The van der Waals surface area contributed by atoms with Gasteiger partial charge in [0.15, 0.2) is 10.3 Å². The first-order chi connectivity index (χ1) is 9.58. The van der Waals surface area contributed by atoms with Crippen LogP contribution in [0.2, 0.25) is 0 Å². The molecule has 20 heavy (non-hydrogen) atoms. The number of hydrogen-bond acceptors (Lipinski definition) is 6. The van der Waals surface area contributed by atoms with Gasteiger partial charge in [-0.05, 0) is 12.2 Å². The van der Waals surface area contributed by atoms with Crippen LogP contribution in [0.5, 0.6) is 0 Å². The molecule has 9 heteroatoms. The number of carbonyl (C=O) groups is 2. The number of hydrogen-bond donors (Lipinski definition) is 2. The lowest BCUT2D eigenvalue weighted by Crippen LogP contribution is -2.38. The van der Waals surface area contributed by atoms with Crippen molar-refractivity contribution in [3.8, 4) is 0 Å². The van der Waals surface area contributed by atoms with Crippen LogP contribution in [0, 0.1) is 0 Å². The summed E-state index contributed by atoms with van der Waals surface area (Å²) in [6.45, 7) is 7.43. The predicted octanol–water partition coefficient (Wildman–Crippen LogP) is 0.805. The first-order valence-electron chi connectivity index (χ1n) is 5.55. The Morgan fingerprint density at radius 1 is 1.55 bits per heavy atom. The minimum atomic E-state index is -0.708. The lowest BCUT2D eigenvalue weighted by Gasteiger charge is -2.13. The van der Waals surface area contributed by atoms with Gasteiger partial charge in [-0.15, -0.1) is 11.7 Å². The van der Waals surface area contributed by atoms with Crippen molar-refractivity contribution >= 4 is 46.3 Å². The molecule has 0 aromatic rings. The van der Waals surface area contributed by atoms with Crippen LogP contribution >= 0.6 is 24.0 Å². The fraction of sp³-hybridized carbons (Fsp3) is 0.273. The Morgan fingerprint density at radius 2 is 2.30 bits per heavy atom. The zero-order chi connectivity index (χ0) is 15.0. The smallest absolute Gasteiger partial charge is 0.413 e. The summed E-state index contributed by atoms with van der Waals surface area (Å²) in [5, 5.41) is 6.68. The van der Waals surface area contributed by atoms with Gasteiger partial charge in [0.1, 0.15) is 6.61 Å². The molecule has 1 aliphatic rings. The van der Waals surface area contributed by atoms with Crippen LogP contribution in [0.15, 0.2) is 30.4 Å². The lowest BCUT2D eigenvalue weighted by molar-refractivity contribution is -0.123. The molecular formula is C11H14N4O3S2. The quantitative estimate of drug-likeness (QED) is 0.444. The molecule has 0 radical (unpaired) electrons. The summed E-state index contributed by atoms with van der Waals surface area (Å²) in [6.07, 6.45) is 2.33. The van der Waals surface area contributed by atoms with E-state index in [0.29, 0.717) is 17.5 Å². The van der Waals surface area contributed by atoms with Gasteiger partial charge < -0.3 is 4.74 Å². The second kappa shape index (κ2) is 8.33. The molecule has 7 nitrogen and oxygen atoms in total. The van der Waals surface area contributed by atoms with E-state index in [9.17, 15) is 9.59 Å². The molecule has 1 fully saturated rings. The Hall–Kier alpha value is -1.87. The maximum Gasteiger partial charge on any atom is 0.413 e. The predicted molar refractivity (Wildman–Crippen MR) is 82.2 cm³/mol. The van der Waals surface area contributed by atoms with Crippen molar-refractivity contribution in [1.82, 2.24) is 15.6 Å². The Balaban J connectivity index is 2.47. The molecule has 0 saturated carbocycles. The molecule has 2 N–H and O–H groups in total. The summed E-state index contributed by atoms with van der Waals surface area (Å²) in [5.41, 5.74) is 2.47. The zero-order valence-corrected chi connectivity index (χ0v) is 12.3. The van der Waals surface area contributed by atoms with Gasteiger partial charge in [-0.2, -0.15) is 0 Å². The molecule has 1 rings (SSSR count). The fourth-order valence-electron chi connectivity index (χ4n) is 1.18. The molecule has 2 amide bonds. The topological polar surface area (TPSA) is 83.0 Å². The summed E-state index contributed by atoms with van der Waals surface area (Å²) in [6, 6.07) is 0.